The maximum absolute atomic E-state index is 10.2. The molecule has 3 heterocycles. The number of aliphatic hydroxyl groups excluding tert-OH is 2. The van der Waals surface area contributed by atoms with Crippen molar-refractivity contribution in [2.24, 2.45) is 0 Å². The molecule has 1 saturated heterocycles. The first-order valence-electron chi connectivity index (χ1n) is 10.0. The van der Waals surface area contributed by atoms with Gasteiger partial charge < -0.3 is 24.7 Å². The largest absolute Gasteiger partial charge is 0.470 e. The number of nitrogens with zero attached hydrogens (tertiary/aromatic N) is 1. The van der Waals surface area contributed by atoms with Gasteiger partial charge in [-0.05, 0) is 17.2 Å². The van der Waals surface area contributed by atoms with Crippen molar-refractivity contribution < 1.29 is 19.7 Å². The third-order valence-electron chi connectivity index (χ3n) is 5.49. The third kappa shape index (κ3) is 3.91. The highest BCUT2D eigenvalue weighted by Gasteiger charge is 2.37. The Morgan fingerprint density at radius 1 is 1.03 bits per heavy atom. The van der Waals surface area contributed by atoms with E-state index in [0.29, 0.717) is 22.1 Å². The van der Waals surface area contributed by atoms with Crippen molar-refractivity contribution in [1.82, 2.24) is 9.97 Å². The van der Waals surface area contributed by atoms with Crippen LogP contribution in [0.15, 0.2) is 66.7 Å². The summed E-state index contributed by atoms with van der Waals surface area (Å²) in [6.07, 6.45) is -2.09. The fraction of sp³-hybridized carbons (Fsp3) is 0.208. The molecule has 0 radical (unpaired) electrons. The molecule has 0 spiro atoms. The van der Waals surface area contributed by atoms with Gasteiger partial charge in [-0.2, -0.15) is 0 Å². The Labute approximate surface area is 184 Å². The Balaban J connectivity index is 1.41. The zero-order valence-electron chi connectivity index (χ0n) is 16.5. The summed E-state index contributed by atoms with van der Waals surface area (Å²) in [4.78, 5) is 7.84. The average molecular weight is 437 g/mol. The molecule has 31 heavy (non-hydrogen) atoms. The van der Waals surface area contributed by atoms with E-state index in [4.69, 9.17) is 26.1 Å². The zero-order valence-corrected chi connectivity index (χ0v) is 17.3. The van der Waals surface area contributed by atoms with Gasteiger partial charge in [-0.25, -0.2) is 4.98 Å². The number of pyridine rings is 1. The summed E-state index contributed by atoms with van der Waals surface area (Å²) in [5.74, 6) is 0.460. The number of aliphatic hydroxyl groups is 2. The highest BCUT2D eigenvalue weighted by molar-refractivity contribution is 6.33. The summed E-state index contributed by atoms with van der Waals surface area (Å²) in [6.45, 7) is -0.0493. The summed E-state index contributed by atoms with van der Waals surface area (Å²) in [6, 6.07) is 21.9. The molecule has 0 bridgehead atoms. The molecule has 5 rings (SSSR count). The van der Waals surface area contributed by atoms with Crippen molar-refractivity contribution >= 4 is 22.6 Å². The van der Waals surface area contributed by atoms with Crippen molar-refractivity contribution in [3.8, 4) is 28.3 Å². The first-order chi connectivity index (χ1) is 15.1. The molecule has 4 aromatic rings. The number of H-pyrrole nitrogens is 1. The van der Waals surface area contributed by atoms with Crippen LogP contribution in [0, 0.1) is 0 Å². The average Bonchev–Trinajstić information content (AvgIpc) is 3.36. The van der Waals surface area contributed by atoms with Crippen molar-refractivity contribution in [3.05, 3.63) is 71.8 Å². The van der Waals surface area contributed by atoms with Crippen LogP contribution in [-0.4, -0.2) is 51.7 Å². The Morgan fingerprint density at radius 3 is 2.45 bits per heavy atom. The minimum Gasteiger partial charge on any atom is -0.470 e. The van der Waals surface area contributed by atoms with E-state index >= 15 is 0 Å². The van der Waals surface area contributed by atoms with E-state index in [1.165, 1.54) is 0 Å². The molecule has 1 fully saturated rings. The molecule has 3 unspecified atom stereocenters. The first-order valence-corrected chi connectivity index (χ1v) is 10.4. The lowest BCUT2D eigenvalue weighted by atomic mass is 10.0. The number of halogens is 1. The Bertz CT molecular complexity index is 1190. The van der Waals surface area contributed by atoms with E-state index < -0.39 is 18.3 Å². The van der Waals surface area contributed by atoms with Crippen LogP contribution in [0.25, 0.3) is 33.4 Å². The Morgan fingerprint density at radius 2 is 1.74 bits per heavy atom. The first kappa shape index (κ1) is 20.0. The van der Waals surface area contributed by atoms with E-state index in [-0.39, 0.29) is 13.2 Å². The summed E-state index contributed by atoms with van der Waals surface area (Å²) in [5.41, 5.74) is 5.31. The normalized spacial score (nSPS) is 20.9. The number of hydrogen-bond acceptors (Lipinski definition) is 5. The van der Waals surface area contributed by atoms with Gasteiger partial charge in [0.05, 0.1) is 35.0 Å². The fourth-order valence-corrected chi connectivity index (χ4v) is 4.07. The molecule has 7 heteroatoms. The lowest BCUT2D eigenvalue weighted by Gasteiger charge is -2.16. The molecule has 0 aliphatic carbocycles. The van der Waals surface area contributed by atoms with Gasteiger partial charge in [-0.1, -0.05) is 66.2 Å². The maximum atomic E-state index is 10.2. The van der Waals surface area contributed by atoms with Crippen molar-refractivity contribution in [3.63, 3.8) is 0 Å². The third-order valence-corrected chi connectivity index (χ3v) is 5.78. The standard InChI is InChI=1S/C24H21ClN2O4/c25-17-10-18-19(11-22(26-18)31-21-13-30-20(12-28)24(21)29)27-23(17)16-8-6-15(7-9-16)14-4-2-1-3-5-14/h1-11,20-21,24,26,28-29H,12-13H2. The molecular weight excluding hydrogens is 416 g/mol. The molecule has 1 aliphatic heterocycles. The van der Waals surface area contributed by atoms with Crippen LogP contribution in [0.4, 0.5) is 0 Å². The molecule has 1 aliphatic rings. The minimum absolute atomic E-state index is 0.203. The number of aromatic nitrogens is 2. The maximum Gasteiger partial charge on any atom is 0.193 e. The molecular formula is C24H21ClN2O4. The Hall–Kier alpha value is -2.90. The quantitative estimate of drug-likeness (QED) is 0.439. The number of benzene rings is 2. The number of fused-ring (bicyclic) bond motifs is 1. The predicted octanol–water partition coefficient (Wildman–Crippen LogP) is 4.05. The van der Waals surface area contributed by atoms with Gasteiger partial charge in [-0.3, -0.25) is 0 Å². The molecule has 158 valence electrons. The molecule has 0 amide bonds. The minimum atomic E-state index is -0.897. The van der Waals surface area contributed by atoms with E-state index in [0.717, 1.165) is 22.2 Å². The van der Waals surface area contributed by atoms with Crippen molar-refractivity contribution in [1.29, 1.82) is 0 Å². The summed E-state index contributed by atoms with van der Waals surface area (Å²) in [5, 5.41) is 19.9. The molecule has 2 aromatic heterocycles. The monoisotopic (exact) mass is 436 g/mol. The molecule has 3 atom stereocenters. The number of hydrogen-bond donors (Lipinski definition) is 3. The van der Waals surface area contributed by atoms with Crippen LogP contribution in [0.2, 0.25) is 5.02 Å². The predicted molar refractivity (Wildman–Crippen MR) is 119 cm³/mol. The lowest BCUT2D eigenvalue weighted by Crippen LogP contribution is -2.35. The fourth-order valence-electron chi connectivity index (χ4n) is 3.81. The van der Waals surface area contributed by atoms with Crippen LogP contribution >= 0.6 is 11.6 Å². The van der Waals surface area contributed by atoms with Gasteiger partial charge >= 0.3 is 0 Å². The molecule has 6 nitrogen and oxygen atoms in total. The van der Waals surface area contributed by atoms with E-state index in [2.05, 4.69) is 29.2 Å². The van der Waals surface area contributed by atoms with Crippen molar-refractivity contribution in [2.45, 2.75) is 18.3 Å². The van der Waals surface area contributed by atoms with Crippen LogP contribution < -0.4 is 4.74 Å². The number of nitrogens with one attached hydrogen (secondary N) is 1. The van der Waals surface area contributed by atoms with Gasteiger partial charge in [0.15, 0.2) is 12.0 Å². The van der Waals surface area contributed by atoms with Gasteiger partial charge in [0.2, 0.25) is 0 Å². The van der Waals surface area contributed by atoms with E-state index in [1.807, 2.05) is 36.4 Å². The van der Waals surface area contributed by atoms with Crippen LogP contribution in [0.5, 0.6) is 5.88 Å². The van der Waals surface area contributed by atoms with Crippen LogP contribution in [0.3, 0.4) is 0 Å². The highest BCUT2D eigenvalue weighted by atomic mass is 35.5. The van der Waals surface area contributed by atoms with Crippen LogP contribution in [-0.2, 0) is 4.74 Å². The summed E-state index contributed by atoms with van der Waals surface area (Å²) < 4.78 is 11.2. The second-order valence-electron chi connectivity index (χ2n) is 7.53. The number of aromatic amines is 1. The SMILES string of the molecule is OCC1OCC(Oc2cc3nc(-c4ccc(-c5ccccc5)cc4)c(Cl)cc3[nH]2)C1O. The lowest BCUT2D eigenvalue weighted by molar-refractivity contribution is -0.00355. The highest BCUT2D eigenvalue weighted by Crippen LogP contribution is 2.32. The van der Waals surface area contributed by atoms with Gasteiger partial charge in [0, 0.05) is 11.6 Å². The molecule has 3 N–H and O–H groups in total. The molecule has 2 aromatic carbocycles. The summed E-state index contributed by atoms with van der Waals surface area (Å²) in [7, 11) is 0. The van der Waals surface area contributed by atoms with Gasteiger partial charge in [0.1, 0.15) is 12.2 Å². The van der Waals surface area contributed by atoms with E-state index in [9.17, 15) is 10.2 Å². The number of ether oxygens (including phenoxy) is 2. The van der Waals surface area contributed by atoms with Gasteiger partial charge in [-0.15, -0.1) is 0 Å². The second kappa shape index (κ2) is 8.32. The number of rotatable bonds is 5. The topological polar surface area (TPSA) is 87.6 Å². The zero-order chi connectivity index (χ0) is 21.4. The Kier molecular flexibility index (Phi) is 5.38. The van der Waals surface area contributed by atoms with E-state index in [1.54, 1.807) is 6.07 Å². The second-order valence-corrected chi connectivity index (χ2v) is 7.94. The summed E-state index contributed by atoms with van der Waals surface area (Å²) >= 11 is 6.52. The van der Waals surface area contributed by atoms with Crippen molar-refractivity contribution in [2.75, 3.05) is 13.2 Å². The van der Waals surface area contributed by atoms with Crippen LogP contribution in [0.1, 0.15) is 0 Å². The smallest absolute Gasteiger partial charge is 0.193 e. The molecule has 0 saturated carbocycles. The van der Waals surface area contributed by atoms with Gasteiger partial charge in [0.25, 0.3) is 0 Å².